The molecule has 0 radical (unpaired) electrons. The predicted molar refractivity (Wildman–Crippen MR) is 82.1 cm³/mol. The molecule has 2 saturated heterocycles. The van der Waals surface area contributed by atoms with Crippen molar-refractivity contribution >= 4 is 11.6 Å². The van der Waals surface area contributed by atoms with E-state index >= 15 is 0 Å². The highest BCUT2D eigenvalue weighted by atomic mass is 35.5. The summed E-state index contributed by atoms with van der Waals surface area (Å²) in [4.78, 5) is 5.00. The van der Waals surface area contributed by atoms with Gasteiger partial charge in [0.25, 0.3) is 0 Å². The number of hydrogen-bond donors (Lipinski definition) is 1. The van der Waals surface area contributed by atoms with E-state index in [2.05, 4.69) is 9.80 Å². The van der Waals surface area contributed by atoms with Crippen LogP contribution in [0, 0.1) is 0 Å². The van der Waals surface area contributed by atoms with Crippen molar-refractivity contribution in [3.8, 4) is 0 Å². The summed E-state index contributed by atoms with van der Waals surface area (Å²) in [5.41, 5.74) is 0.919. The summed E-state index contributed by atoms with van der Waals surface area (Å²) in [5.74, 6) is 0. The minimum Gasteiger partial charge on any atom is -0.387 e. The molecule has 1 N–H and O–H groups in total. The lowest BCUT2D eigenvalue weighted by molar-refractivity contribution is 0.120. The fourth-order valence-electron chi connectivity index (χ4n) is 3.45. The van der Waals surface area contributed by atoms with E-state index in [1.807, 2.05) is 24.3 Å². The van der Waals surface area contributed by atoms with Crippen LogP contribution < -0.4 is 0 Å². The first-order chi connectivity index (χ1) is 9.72. The molecule has 0 spiro atoms. The Balaban J connectivity index is 1.53. The van der Waals surface area contributed by atoms with Crippen LogP contribution in [0.15, 0.2) is 24.3 Å². The summed E-state index contributed by atoms with van der Waals surface area (Å²) in [5, 5.41) is 11.0. The Bertz CT molecular complexity index is 448. The number of likely N-dealkylation sites (tertiary alicyclic amines) is 2. The van der Waals surface area contributed by atoms with E-state index in [1.54, 1.807) is 0 Å². The molecule has 2 heterocycles. The van der Waals surface area contributed by atoms with Gasteiger partial charge < -0.3 is 5.11 Å². The number of β-amino-alcohol motifs (C(OH)–C–C–N with tert-alkyl or cyclic N) is 1. The molecule has 2 aliphatic rings. The lowest BCUT2D eigenvalue weighted by Gasteiger charge is -2.24. The standard InChI is InChI=1S/C16H23ClN2O/c17-14-5-3-4-13(10-14)16(20)12-18-9-6-15(11-18)19-7-1-2-8-19/h3-5,10,15-16,20H,1-2,6-9,11-12H2. The molecule has 2 unspecified atom stereocenters. The summed E-state index contributed by atoms with van der Waals surface area (Å²) in [6.07, 6.45) is 3.50. The normalized spacial score (nSPS) is 26.2. The second kappa shape index (κ2) is 6.44. The van der Waals surface area contributed by atoms with Gasteiger partial charge in [-0.2, -0.15) is 0 Å². The van der Waals surface area contributed by atoms with Crippen LogP contribution >= 0.6 is 11.6 Å². The molecule has 110 valence electrons. The van der Waals surface area contributed by atoms with Crippen molar-refractivity contribution in [2.45, 2.75) is 31.4 Å². The van der Waals surface area contributed by atoms with Crippen LogP contribution in [0.3, 0.4) is 0 Å². The number of benzene rings is 1. The Labute approximate surface area is 126 Å². The fraction of sp³-hybridized carbons (Fsp3) is 0.625. The number of aliphatic hydroxyl groups is 1. The van der Waals surface area contributed by atoms with Crippen LogP contribution in [-0.2, 0) is 0 Å². The highest BCUT2D eigenvalue weighted by Crippen LogP contribution is 2.24. The van der Waals surface area contributed by atoms with Gasteiger partial charge >= 0.3 is 0 Å². The van der Waals surface area contributed by atoms with Crippen LogP contribution in [0.4, 0.5) is 0 Å². The van der Waals surface area contributed by atoms with Crippen molar-refractivity contribution in [1.82, 2.24) is 9.80 Å². The molecule has 1 aromatic carbocycles. The summed E-state index contributed by atoms with van der Waals surface area (Å²) >= 11 is 5.98. The average molecular weight is 295 g/mol. The van der Waals surface area contributed by atoms with Crippen molar-refractivity contribution in [3.05, 3.63) is 34.9 Å². The number of rotatable bonds is 4. The van der Waals surface area contributed by atoms with E-state index in [0.717, 1.165) is 18.7 Å². The molecule has 0 aromatic heterocycles. The van der Waals surface area contributed by atoms with Crippen LogP contribution in [-0.4, -0.2) is 53.7 Å². The van der Waals surface area contributed by atoms with Gasteiger partial charge in [-0.3, -0.25) is 9.80 Å². The van der Waals surface area contributed by atoms with Gasteiger partial charge in [-0.25, -0.2) is 0 Å². The van der Waals surface area contributed by atoms with Crippen molar-refractivity contribution in [2.75, 3.05) is 32.7 Å². The Morgan fingerprint density at radius 2 is 2.05 bits per heavy atom. The number of aliphatic hydroxyl groups excluding tert-OH is 1. The Kier molecular flexibility index (Phi) is 4.61. The molecule has 2 fully saturated rings. The van der Waals surface area contributed by atoms with E-state index in [1.165, 1.54) is 32.4 Å². The lowest BCUT2D eigenvalue weighted by Crippen LogP contribution is -2.36. The summed E-state index contributed by atoms with van der Waals surface area (Å²) in [7, 11) is 0. The molecular formula is C16H23ClN2O. The number of hydrogen-bond acceptors (Lipinski definition) is 3. The largest absolute Gasteiger partial charge is 0.387 e. The van der Waals surface area contributed by atoms with E-state index in [4.69, 9.17) is 11.6 Å². The molecule has 2 atom stereocenters. The van der Waals surface area contributed by atoms with Crippen molar-refractivity contribution < 1.29 is 5.11 Å². The van der Waals surface area contributed by atoms with Gasteiger partial charge in [0.15, 0.2) is 0 Å². The van der Waals surface area contributed by atoms with Crippen molar-refractivity contribution in [1.29, 1.82) is 0 Å². The Hall–Kier alpha value is -0.610. The molecule has 20 heavy (non-hydrogen) atoms. The van der Waals surface area contributed by atoms with E-state index < -0.39 is 6.10 Å². The molecule has 0 bridgehead atoms. The molecule has 3 rings (SSSR count). The summed E-state index contributed by atoms with van der Waals surface area (Å²) in [6, 6.07) is 8.25. The molecule has 1 aromatic rings. The molecule has 0 saturated carbocycles. The van der Waals surface area contributed by atoms with Gasteiger partial charge in [0.1, 0.15) is 0 Å². The van der Waals surface area contributed by atoms with Crippen LogP contribution in [0.1, 0.15) is 30.9 Å². The van der Waals surface area contributed by atoms with Crippen molar-refractivity contribution in [3.63, 3.8) is 0 Å². The second-order valence-corrected chi connectivity index (χ2v) is 6.45. The third-order valence-corrected chi connectivity index (χ3v) is 4.80. The second-order valence-electron chi connectivity index (χ2n) is 6.02. The number of halogens is 1. The predicted octanol–water partition coefficient (Wildman–Crippen LogP) is 2.54. The molecule has 0 amide bonds. The highest BCUT2D eigenvalue weighted by Gasteiger charge is 2.30. The first-order valence-corrected chi connectivity index (χ1v) is 8.00. The summed E-state index contributed by atoms with van der Waals surface area (Å²) in [6.45, 7) is 5.42. The minimum atomic E-state index is -0.439. The molecule has 0 aliphatic carbocycles. The quantitative estimate of drug-likeness (QED) is 0.924. The van der Waals surface area contributed by atoms with Gasteiger partial charge in [-0.1, -0.05) is 23.7 Å². The summed E-state index contributed by atoms with van der Waals surface area (Å²) < 4.78 is 0. The third kappa shape index (κ3) is 3.34. The van der Waals surface area contributed by atoms with E-state index in [9.17, 15) is 5.11 Å². The highest BCUT2D eigenvalue weighted by molar-refractivity contribution is 6.30. The molecular weight excluding hydrogens is 272 g/mol. The van der Waals surface area contributed by atoms with E-state index in [-0.39, 0.29) is 0 Å². The zero-order chi connectivity index (χ0) is 13.9. The van der Waals surface area contributed by atoms with E-state index in [0.29, 0.717) is 17.6 Å². The topological polar surface area (TPSA) is 26.7 Å². The van der Waals surface area contributed by atoms with Gasteiger partial charge in [0.2, 0.25) is 0 Å². The monoisotopic (exact) mass is 294 g/mol. The van der Waals surface area contributed by atoms with Crippen LogP contribution in [0.25, 0.3) is 0 Å². The third-order valence-electron chi connectivity index (χ3n) is 4.57. The van der Waals surface area contributed by atoms with Crippen molar-refractivity contribution in [2.24, 2.45) is 0 Å². The Morgan fingerprint density at radius 1 is 1.25 bits per heavy atom. The minimum absolute atomic E-state index is 0.439. The van der Waals surface area contributed by atoms with Gasteiger partial charge in [-0.05, 0) is 56.6 Å². The maximum absolute atomic E-state index is 10.3. The lowest BCUT2D eigenvalue weighted by atomic mass is 10.1. The smallest absolute Gasteiger partial charge is 0.0917 e. The maximum atomic E-state index is 10.3. The maximum Gasteiger partial charge on any atom is 0.0917 e. The Morgan fingerprint density at radius 3 is 2.80 bits per heavy atom. The number of nitrogens with zero attached hydrogens (tertiary/aromatic N) is 2. The van der Waals surface area contributed by atoms with Crippen LogP contribution in [0.2, 0.25) is 5.02 Å². The zero-order valence-corrected chi connectivity index (χ0v) is 12.6. The first kappa shape index (κ1) is 14.3. The van der Waals surface area contributed by atoms with Crippen LogP contribution in [0.5, 0.6) is 0 Å². The SMILES string of the molecule is OC(CN1CCC(N2CCCC2)C1)c1cccc(Cl)c1. The molecule has 3 nitrogen and oxygen atoms in total. The molecule has 2 aliphatic heterocycles. The first-order valence-electron chi connectivity index (χ1n) is 7.62. The van der Waals surface area contributed by atoms with Gasteiger partial charge in [0, 0.05) is 24.2 Å². The van der Waals surface area contributed by atoms with Gasteiger partial charge in [-0.15, -0.1) is 0 Å². The zero-order valence-electron chi connectivity index (χ0n) is 11.8. The fourth-order valence-corrected chi connectivity index (χ4v) is 3.65. The average Bonchev–Trinajstić information content (AvgIpc) is 3.08. The van der Waals surface area contributed by atoms with Gasteiger partial charge in [0.05, 0.1) is 6.10 Å². The molecule has 4 heteroatoms.